The molecule has 1 heterocycles. The summed E-state index contributed by atoms with van der Waals surface area (Å²) in [6.45, 7) is 0.209. The minimum Gasteiger partial charge on any atom is -0.394 e. The summed E-state index contributed by atoms with van der Waals surface area (Å²) in [6.07, 6.45) is 0.625. The van der Waals surface area contributed by atoms with Crippen molar-refractivity contribution < 1.29 is 19.7 Å². The summed E-state index contributed by atoms with van der Waals surface area (Å²) >= 11 is 0. The highest BCUT2D eigenvalue weighted by Gasteiger charge is 2.35. The van der Waals surface area contributed by atoms with Crippen molar-refractivity contribution in [2.24, 2.45) is 5.92 Å². The van der Waals surface area contributed by atoms with E-state index in [4.69, 9.17) is 9.84 Å². The number of nitrogens with one attached hydrogen (secondary N) is 1. The van der Waals surface area contributed by atoms with Gasteiger partial charge in [-0.15, -0.1) is 0 Å². The molecule has 21 heavy (non-hydrogen) atoms. The maximum absolute atomic E-state index is 12.4. The lowest BCUT2D eigenvalue weighted by Gasteiger charge is -2.34. The Bertz CT molecular complexity index is 494. The minimum absolute atomic E-state index is 0.0196. The number of carbonyl (C=O) groups is 1. The van der Waals surface area contributed by atoms with Crippen molar-refractivity contribution in [3.63, 3.8) is 0 Å². The van der Waals surface area contributed by atoms with E-state index < -0.39 is 12.2 Å². The van der Waals surface area contributed by atoms with Gasteiger partial charge in [0.2, 0.25) is 5.91 Å². The van der Waals surface area contributed by atoms with Crippen LogP contribution in [0.25, 0.3) is 0 Å². The van der Waals surface area contributed by atoms with E-state index in [0.717, 1.165) is 12.8 Å². The van der Waals surface area contributed by atoms with Gasteiger partial charge in [-0.25, -0.2) is 0 Å². The van der Waals surface area contributed by atoms with Crippen LogP contribution < -0.4 is 5.32 Å². The van der Waals surface area contributed by atoms with E-state index >= 15 is 0 Å². The standard InChI is InChI=1S/C16H21NO4/c18-9-14-15(19)13(5-6-21-14)17-16(20)12-7-10-3-1-2-4-11(10)8-12/h1-4,12-15,18-19H,5-9H2,(H,17,20)/t13-,14+,15-/m0/s1. The van der Waals surface area contributed by atoms with Crippen LogP contribution in [-0.2, 0) is 22.4 Å². The minimum atomic E-state index is -0.850. The van der Waals surface area contributed by atoms with Gasteiger partial charge in [0.25, 0.3) is 0 Å². The zero-order valence-electron chi connectivity index (χ0n) is 11.9. The fourth-order valence-corrected chi connectivity index (χ4v) is 3.24. The third-order valence-corrected chi connectivity index (χ3v) is 4.48. The largest absolute Gasteiger partial charge is 0.394 e. The van der Waals surface area contributed by atoms with Crippen molar-refractivity contribution in [2.75, 3.05) is 13.2 Å². The molecule has 0 bridgehead atoms. The highest BCUT2D eigenvalue weighted by Crippen LogP contribution is 2.27. The van der Waals surface area contributed by atoms with Crippen LogP contribution in [0.4, 0.5) is 0 Å². The number of amides is 1. The van der Waals surface area contributed by atoms with E-state index in [0.29, 0.717) is 13.0 Å². The Morgan fingerprint density at radius 1 is 1.29 bits per heavy atom. The number of ether oxygens (including phenoxy) is 1. The van der Waals surface area contributed by atoms with Gasteiger partial charge in [-0.3, -0.25) is 4.79 Å². The second kappa shape index (κ2) is 6.13. The maximum atomic E-state index is 12.4. The molecule has 3 atom stereocenters. The molecule has 1 fully saturated rings. The molecule has 114 valence electrons. The van der Waals surface area contributed by atoms with Gasteiger partial charge in [0.15, 0.2) is 0 Å². The van der Waals surface area contributed by atoms with E-state index in [1.807, 2.05) is 12.1 Å². The number of fused-ring (bicyclic) bond motifs is 1. The van der Waals surface area contributed by atoms with Crippen LogP contribution in [0, 0.1) is 5.92 Å². The van der Waals surface area contributed by atoms with Gasteiger partial charge >= 0.3 is 0 Å². The molecule has 5 nitrogen and oxygen atoms in total. The zero-order valence-corrected chi connectivity index (χ0v) is 11.9. The summed E-state index contributed by atoms with van der Waals surface area (Å²) in [5, 5.41) is 22.2. The average molecular weight is 291 g/mol. The Labute approximate surface area is 123 Å². The zero-order chi connectivity index (χ0) is 14.8. The van der Waals surface area contributed by atoms with Crippen molar-refractivity contribution in [2.45, 2.75) is 37.5 Å². The highest BCUT2D eigenvalue weighted by molar-refractivity contribution is 5.80. The predicted molar refractivity (Wildman–Crippen MR) is 76.7 cm³/mol. The lowest BCUT2D eigenvalue weighted by atomic mass is 9.98. The number of aliphatic hydroxyl groups excluding tert-OH is 2. The van der Waals surface area contributed by atoms with Gasteiger partial charge in [-0.05, 0) is 30.4 Å². The van der Waals surface area contributed by atoms with Crippen molar-refractivity contribution in [1.29, 1.82) is 0 Å². The maximum Gasteiger partial charge on any atom is 0.224 e. The van der Waals surface area contributed by atoms with Crippen LogP contribution in [0.5, 0.6) is 0 Å². The number of benzene rings is 1. The SMILES string of the molecule is O=C(N[C@H]1CCO[C@H](CO)[C@H]1O)C1Cc2ccccc2C1. The van der Waals surface area contributed by atoms with Gasteiger partial charge in [-0.2, -0.15) is 0 Å². The van der Waals surface area contributed by atoms with Gasteiger partial charge in [0.05, 0.1) is 12.6 Å². The lowest BCUT2D eigenvalue weighted by Crippen LogP contribution is -2.55. The molecule has 1 aromatic carbocycles. The number of hydrogen-bond acceptors (Lipinski definition) is 4. The smallest absolute Gasteiger partial charge is 0.224 e. The van der Waals surface area contributed by atoms with E-state index in [1.54, 1.807) is 0 Å². The Morgan fingerprint density at radius 3 is 2.57 bits per heavy atom. The van der Waals surface area contributed by atoms with Crippen LogP contribution >= 0.6 is 0 Å². The number of aliphatic hydroxyl groups is 2. The molecule has 1 aliphatic heterocycles. The van der Waals surface area contributed by atoms with Crippen molar-refractivity contribution in [1.82, 2.24) is 5.32 Å². The molecule has 1 aromatic rings. The second-order valence-corrected chi connectivity index (χ2v) is 5.86. The summed E-state index contributed by atoms with van der Waals surface area (Å²) in [4.78, 5) is 12.4. The fourth-order valence-electron chi connectivity index (χ4n) is 3.24. The van der Waals surface area contributed by atoms with E-state index in [9.17, 15) is 9.90 Å². The van der Waals surface area contributed by atoms with E-state index in [-0.39, 0.29) is 24.5 Å². The van der Waals surface area contributed by atoms with Gasteiger partial charge in [0.1, 0.15) is 12.2 Å². The first-order valence-electron chi connectivity index (χ1n) is 7.46. The van der Waals surface area contributed by atoms with Gasteiger partial charge in [0, 0.05) is 12.5 Å². The van der Waals surface area contributed by atoms with Crippen molar-refractivity contribution >= 4 is 5.91 Å². The predicted octanol–water partition coefficient (Wildman–Crippen LogP) is 0.0283. The molecule has 1 amide bonds. The first-order valence-corrected chi connectivity index (χ1v) is 7.46. The summed E-state index contributed by atoms with van der Waals surface area (Å²) in [6, 6.07) is 7.77. The highest BCUT2D eigenvalue weighted by atomic mass is 16.5. The van der Waals surface area contributed by atoms with E-state index in [1.165, 1.54) is 11.1 Å². The van der Waals surface area contributed by atoms with Gasteiger partial charge < -0.3 is 20.3 Å². The Kier molecular flexibility index (Phi) is 4.24. The second-order valence-electron chi connectivity index (χ2n) is 5.86. The number of carbonyl (C=O) groups excluding carboxylic acids is 1. The van der Waals surface area contributed by atoms with Crippen LogP contribution in [0.3, 0.4) is 0 Å². The van der Waals surface area contributed by atoms with Crippen molar-refractivity contribution in [3.05, 3.63) is 35.4 Å². The van der Waals surface area contributed by atoms with Crippen LogP contribution in [0.15, 0.2) is 24.3 Å². The molecule has 1 aliphatic carbocycles. The molecule has 0 radical (unpaired) electrons. The first-order chi connectivity index (χ1) is 10.2. The van der Waals surface area contributed by atoms with Crippen molar-refractivity contribution in [3.8, 4) is 0 Å². The first kappa shape index (κ1) is 14.5. The van der Waals surface area contributed by atoms with Crippen LogP contribution in [0.2, 0.25) is 0 Å². The third kappa shape index (κ3) is 2.95. The normalized spacial score (nSPS) is 29.1. The molecule has 5 heteroatoms. The van der Waals surface area contributed by atoms with Gasteiger partial charge in [-0.1, -0.05) is 24.3 Å². The lowest BCUT2D eigenvalue weighted by molar-refractivity contribution is -0.134. The average Bonchev–Trinajstić information content (AvgIpc) is 2.93. The molecular formula is C16H21NO4. The summed E-state index contributed by atoms with van der Waals surface area (Å²) < 4.78 is 5.28. The molecule has 3 N–H and O–H groups in total. The molecule has 0 saturated carbocycles. The molecule has 0 aromatic heterocycles. The molecule has 1 saturated heterocycles. The Hall–Kier alpha value is -1.43. The fraction of sp³-hybridized carbons (Fsp3) is 0.562. The monoisotopic (exact) mass is 291 g/mol. The molecule has 0 spiro atoms. The Morgan fingerprint density at radius 2 is 1.95 bits per heavy atom. The number of hydrogen-bond donors (Lipinski definition) is 3. The van der Waals surface area contributed by atoms with E-state index in [2.05, 4.69) is 17.4 Å². The quantitative estimate of drug-likeness (QED) is 0.734. The molecular weight excluding hydrogens is 270 g/mol. The third-order valence-electron chi connectivity index (χ3n) is 4.48. The molecule has 2 aliphatic rings. The molecule has 0 unspecified atom stereocenters. The summed E-state index contributed by atoms with van der Waals surface area (Å²) in [7, 11) is 0. The Balaban J connectivity index is 1.60. The molecule has 3 rings (SSSR count). The number of rotatable bonds is 3. The van der Waals surface area contributed by atoms with Crippen LogP contribution in [0.1, 0.15) is 17.5 Å². The summed E-state index contributed by atoms with van der Waals surface area (Å²) in [5.74, 6) is -0.0844. The topological polar surface area (TPSA) is 78.8 Å². The summed E-state index contributed by atoms with van der Waals surface area (Å²) in [5.41, 5.74) is 2.47. The van der Waals surface area contributed by atoms with Crippen LogP contribution in [-0.4, -0.2) is 47.6 Å².